The maximum Gasteiger partial charge on any atom is 0.408 e. The van der Waals surface area contributed by atoms with Crippen molar-refractivity contribution in [1.29, 1.82) is 0 Å². The minimum absolute atomic E-state index is 0.125. The Balaban J connectivity index is 2.83. The SMILES string of the molecule is [C-]#[N+]c1cccc(S(=O)NC(=O)[C@H](CC(C)C)NC(=O)OC(C)(C)C)c1. The van der Waals surface area contributed by atoms with Crippen LogP contribution in [0.2, 0.25) is 0 Å². The van der Waals surface area contributed by atoms with Gasteiger partial charge >= 0.3 is 6.09 Å². The lowest BCUT2D eigenvalue weighted by molar-refractivity contribution is -0.121. The van der Waals surface area contributed by atoms with Crippen LogP contribution >= 0.6 is 0 Å². The second-order valence-corrected chi connectivity index (χ2v) is 8.39. The fourth-order valence-electron chi connectivity index (χ4n) is 2.04. The number of ether oxygens (including phenoxy) is 1. The van der Waals surface area contributed by atoms with Crippen molar-refractivity contribution in [3.63, 3.8) is 0 Å². The molecule has 1 aromatic rings. The zero-order valence-electron chi connectivity index (χ0n) is 15.7. The highest BCUT2D eigenvalue weighted by molar-refractivity contribution is 7.83. The van der Waals surface area contributed by atoms with E-state index in [0.717, 1.165) is 0 Å². The van der Waals surface area contributed by atoms with Crippen molar-refractivity contribution in [3.05, 3.63) is 35.7 Å². The summed E-state index contributed by atoms with van der Waals surface area (Å²) in [4.78, 5) is 28.0. The van der Waals surface area contributed by atoms with Gasteiger partial charge < -0.3 is 10.1 Å². The van der Waals surface area contributed by atoms with Crippen LogP contribution in [0.5, 0.6) is 0 Å². The molecular formula is C18H25N3O4S. The van der Waals surface area contributed by atoms with Crippen LogP contribution in [0.25, 0.3) is 4.85 Å². The van der Waals surface area contributed by atoms with Crippen LogP contribution in [0.4, 0.5) is 10.5 Å². The maximum absolute atomic E-state index is 12.5. The van der Waals surface area contributed by atoms with Gasteiger partial charge in [-0.05, 0) is 45.2 Å². The van der Waals surface area contributed by atoms with Gasteiger partial charge in [0.05, 0.1) is 6.57 Å². The monoisotopic (exact) mass is 379 g/mol. The standard InChI is InChI=1S/C18H25N3O4S/c1-12(2)10-15(20-17(23)25-18(3,4)5)16(22)21-26(24)14-9-7-8-13(11-14)19-6/h7-9,11-12,15H,10H2,1-5H3,(H,20,23)(H,21,22)/t15-,26?/m0/s1. The molecular weight excluding hydrogens is 354 g/mol. The summed E-state index contributed by atoms with van der Waals surface area (Å²) in [7, 11) is -1.83. The first-order valence-electron chi connectivity index (χ1n) is 8.21. The smallest absolute Gasteiger partial charge is 0.408 e. The number of alkyl carbamates (subject to hydrolysis) is 1. The minimum atomic E-state index is -1.83. The van der Waals surface area contributed by atoms with E-state index in [9.17, 15) is 13.8 Å². The van der Waals surface area contributed by atoms with Crippen LogP contribution in [0, 0.1) is 12.5 Å². The van der Waals surface area contributed by atoms with E-state index in [0.29, 0.717) is 17.0 Å². The topological polar surface area (TPSA) is 88.9 Å². The Morgan fingerprint density at radius 2 is 1.96 bits per heavy atom. The lowest BCUT2D eigenvalue weighted by Gasteiger charge is -2.24. The van der Waals surface area contributed by atoms with Crippen LogP contribution < -0.4 is 10.0 Å². The highest BCUT2D eigenvalue weighted by Gasteiger charge is 2.26. The number of hydrogen-bond acceptors (Lipinski definition) is 4. The molecule has 0 aliphatic heterocycles. The zero-order chi connectivity index (χ0) is 19.9. The molecule has 7 nitrogen and oxygen atoms in total. The molecule has 0 aliphatic rings. The van der Waals surface area contributed by atoms with Crippen molar-refractivity contribution in [2.24, 2.45) is 5.92 Å². The maximum atomic E-state index is 12.5. The molecule has 0 spiro atoms. The Bertz CT molecular complexity index is 720. The summed E-state index contributed by atoms with van der Waals surface area (Å²) < 4.78 is 19.9. The summed E-state index contributed by atoms with van der Waals surface area (Å²) in [6.45, 7) is 16.0. The number of hydrogen-bond donors (Lipinski definition) is 2. The van der Waals surface area contributed by atoms with Crippen LogP contribution in [0.15, 0.2) is 29.2 Å². The van der Waals surface area contributed by atoms with Gasteiger partial charge in [-0.1, -0.05) is 26.0 Å². The zero-order valence-corrected chi connectivity index (χ0v) is 16.5. The summed E-state index contributed by atoms with van der Waals surface area (Å²) in [5, 5.41) is 2.53. The summed E-state index contributed by atoms with van der Waals surface area (Å²) in [6, 6.07) is 5.31. The molecule has 2 amide bonds. The van der Waals surface area contributed by atoms with E-state index in [1.807, 2.05) is 13.8 Å². The highest BCUT2D eigenvalue weighted by atomic mass is 32.2. The van der Waals surface area contributed by atoms with Crippen molar-refractivity contribution < 1.29 is 18.5 Å². The van der Waals surface area contributed by atoms with E-state index in [2.05, 4.69) is 14.9 Å². The molecule has 142 valence electrons. The average Bonchev–Trinajstić information content (AvgIpc) is 2.51. The summed E-state index contributed by atoms with van der Waals surface area (Å²) in [6.07, 6.45) is -0.344. The number of benzene rings is 1. The molecule has 8 heteroatoms. The van der Waals surface area contributed by atoms with Crippen molar-refractivity contribution in [2.45, 2.75) is 57.6 Å². The average molecular weight is 379 g/mol. The summed E-state index contributed by atoms with van der Waals surface area (Å²) in [5.74, 6) is -0.448. The van der Waals surface area contributed by atoms with Crippen molar-refractivity contribution in [2.75, 3.05) is 0 Å². The lowest BCUT2D eigenvalue weighted by atomic mass is 10.0. The van der Waals surface area contributed by atoms with Crippen LogP contribution in [0.3, 0.4) is 0 Å². The molecule has 0 saturated carbocycles. The molecule has 0 aliphatic carbocycles. The van der Waals surface area contributed by atoms with Gasteiger partial charge in [-0.3, -0.25) is 9.52 Å². The highest BCUT2D eigenvalue weighted by Crippen LogP contribution is 2.16. The molecule has 0 fully saturated rings. The normalized spacial score (nSPS) is 13.4. The molecule has 1 aromatic carbocycles. The van der Waals surface area contributed by atoms with E-state index in [4.69, 9.17) is 11.3 Å². The summed E-state index contributed by atoms with van der Waals surface area (Å²) in [5.41, 5.74) is -0.359. The molecule has 2 N–H and O–H groups in total. The number of rotatable bonds is 6. The molecule has 1 rings (SSSR count). The minimum Gasteiger partial charge on any atom is -0.444 e. The molecule has 0 saturated heterocycles. The number of nitrogens with one attached hydrogen (secondary N) is 2. The lowest BCUT2D eigenvalue weighted by Crippen LogP contribution is -2.49. The first-order chi connectivity index (χ1) is 12.0. The third-order valence-corrected chi connectivity index (χ3v) is 4.14. The molecule has 26 heavy (non-hydrogen) atoms. The van der Waals surface area contributed by atoms with Gasteiger partial charge in [0.15, 0.2) is 16.7 Å². The van der Waals surface area contributed by atoms with Gasteiger partial charge in [0.25, 0.3) is 5.91 Å². The van der Waals surface area contributed by atoms with Gasteiger partial charge in [-0.15, -0.1) is 0 Å². The van der Waals surface area contributed by atoms with Gasteiger partial charge in [0, 0.05) is 4.90 Å². The molecule has 2 atom stereocenters. The van der Waals surface area contributed by atoms with E-state index < -0.39 is 34.6 Å². The van der Waals surface area contributed by atoms with Gasteiger partial charge in [0.1, 0.15) is 11.6 Å². The van der Waals surface area contributed by atoms with E-state index >= 15 is 0 Å². The third-order valence-electron chi connectivity index (χ3n) is 3.07. The first-order valence-corrected chi connectivity index (χ1v) is 9.36. The molecule has 0 radical (unpaired) electrons. The van der Waals surface area contributed by atoms with Crippen molar-refractivity contribution >= 4 is 28.7 Å². The Labute approximate surface area is 156 Å². The second kappa shape index (κ2) is 9.34. The Kier molecular flexibility index (Phi) is 7.77. The fraction of sp³-hybridized carbons (Fsp3) is 0.500. The van der Waals surface area contributed by atoms with Crippen molar-refractivity contribution in [1.82, 2.24) is 10.0 Å². The predicted molar refractivity (Wildman–Crippen MR) is 99.9 cm³/mol. The molecule has 0 bridgehead atoms. The number of carbonyl (C=O) groups is 2. The Morgan fingerprint density at radius 1 is 1.31 bits per heavy atom. The van der Waals surface area contributed by atoms with E-state index in [1.165, 1.54) is 6.07 Å². The number of nitrogens with zero attached hydrogens (tertiary/aromatic N) is 1. The summed E-state index contributed by atoms with van der Waals surface area (Å²) >= 11 is 0. The van der Waals surface area contributed by atoms with Gasteiger partial charge in [-0.25, -0.2) is 13.8 Å². The fourth-order valence-corrected chi connectivity index (χ4v) is 2.92. The first kappa shape index (κ1) is 21.6. The van der Waals surface area contributed by atoms with Crippen LogP contribution in [0.1, 0.15) is 41.0 Å². The second-order valence-electron chi connectivity index (χ2n) is 7.17. The van der Waals surface area contributed by atoms with Crippen molar-refractivity contribution in [3.8, 4) is 0 Å². The largest absolute Gasteiger partial charge is 0.444 e. The van der Waals surface area contributed by atoms with Gasteiger partial charge in [-0.2, -0.15) is 0 Å². The molecule has 0 aromatic heterocycles. The van der Waals surface area contributed by atoms with E-state index in [1.54, 1.807) is 39.0 Å². The Hall–Kier alpha value is -2.40. The van der Waals surface area contributed by atoms with Crippen LogP contribution in [-0.4, -0.2) is 27.9 Å². The quantitative estimate of drug-likeness (QED) is 0.742. The van der Waals surface area contributed by atoms with Crippen LogP contribution in [-0.2, 0) is 20.5 Å². The predicted octanol–water partition coefficient (Wildman–Crippen LogP) is 3.32. The van der Waals surface area contributed by atoms with E-state index in [-0.39, 0.29) is 5.92 Å². The van der Waals surface area contributed by atoms with Gasteiger partial charge in [0.2, 0.25) is 0 Å². The molecule has 1 unspecified atom stereocenters. The number of carbonyl (C=O) groups excluding carboxylic acids is 2. The third kappa shape index (κ3) is 7.66. The Morgan fingerprint density at radius 3 is 2.50 bits per heavy atom. The molecule has 0 heterocycles. The number of amides is 2.